The van der Waals surface area contributed by atoms with E-state index in [1.54, 1.807) is 42.0 Å². The van der Waals surface area contributed by atoms with Gasteiger partial charge in [-0.2, -0.15) is 0 Å². The van der Waals surface area contributed by atoms with Gasteiger partial charge in [-0.05, 0) is 24.3 Å². The first-order chi connectivity index (χ1) is 10.7. The fourth-order valence-corrected chi connectivity index (χ4v) is 2.20. The zero-order valence-electron chi connectivity index (χ0n) is 11.9. The number of nitrogens with zero attached hydrogens (tertiary/aromatic N) is 2. The molecular formula is C16H14N2O4. The number of ether oxygens (including phenoxy) is 2. The Bertz CT molecular complexity index is 826. The number of rotatable bonds is 5. The molecule has 1 aromatic carbocycles. The van der Waals surface area contributed by atoms with Gasteiger partial charge in [0.15, 0.2) is 11.5 Å². The predicted molar refractivity (Wildman–Crippen MR) is 79.5 cm³/mol. The van der Waals surface area contributed by atoms with Crippen molar-refractivity contribution < 1.29 is 19.4 Å². The summed E-state index contributed by atoms with van der Waals surface area (Å²) in [6.45, 7) is 0.158. The third-order valence-corrected chi connectivity index (χ3v) is 3.23. The second kappa shape index (κ2) is 5.77. The summed E-state index contributed by atoms with van der Waals surface area (Å²) < 4.78 is 12.5. The van der Waals surface area contributed by atoms with Crippen molar-refractivity contribution in [2.24, 2.45) is 0 Å². The van der Waals surface area contributed by atoms with Crippen LogP contribution >= 0.6 is 0 Å². The summed E-state index contributed by atoms with van der Waals surface area (Å²) in [5, 5.41) is 9.22. The summed E-state index contributed by atoms with van der Waals surface area (Å²) in [5.41, 5.74) is 0.559. The van der Waals surface area contributed by atoms with Gasteiger partial charge in [-0.1, -0.05) is 12.1 Å². The molecule has 2 aromatic heterocycles. The third-order valence-electron chi connectivity index (χ3n) is 3.23. The molecule has 0 radical (unpaired) electrons. The van der Waals surface area contributed by atoms with Crippen molar-refractivity contribution in [3.63, 3.8) is 0 Å². The smallest absolute Gasteiger partial charge is 0.356 e. The number of carboxylic acids is 1. The highest BCUT2D eigenvalue weighted by Crippen LogP contribution is 2.20. The van der Waals surface area contributed by atoms with Crippen LogP contribution in [-0.2, 0) is 6.61 Å². The maximum atomic E-state index is 11.3. The quantitative estimate of drug-likeness (QED) is 0.784. The Kier molecular flexibility index (Phi) is 3.65. The predicted octanol–water partition coefficient (Wildman–Crippen LogP) is 2.62. The minimum absolute atomic E-state index is 0.0184. The van der Waals surface area contributed by atoms with E-state index in [0.717, 1.165) is 0 Å². The lowest BCUT2D eigenvalue weighted by molar-refractivity contribution is 0.0693. The van der Waals surface area contributed by atoms with Gasteiger partial charge in [0.1, 0.15) is 18.1 Å². The molecule has 22 heavy (non-hydrogen) atoms. The number of carbonyl (C=O) groups is 1. The van der Waals surface area contributed by atoms with E-state index in [-0.39, 0.29) is 12.3 Å². The van der Waals surface area contributed by atoms with Gasteiger partial charge in [0.05, 0.1) is 12.6 Å². The number of methoxy groups -OCH3 is 1. The number of benzene rings is 1. The Hall–Kier alpha value is -3.02. The van der Waals surface area contributed by atoms with E-state index in [0.29, 0.717) is 22.8 Å². The van der Waals surface area contributed by atoms with Crippen LogP contribution in [0.3, 0.4) is 0 Å². The van der Waals surface area contributed by atoms with Crippen molar-refractivity contribution in [2.45, 2.75) is 6.61 Å². The molecule has 0 aliphatic heterocycles. The van der Waals surface area contributed by atoms with E-state index in [1.807, 2.05) is 18.2 Å². The summed E-state index contributed by atoms with van der Waals surface area (Å²) in [5.74, 6) is 0.785. The lowest BCUT2D eigenvalue weighted by Gasteiger charge is -2.07. The molecule has 0 atom stereocenters. The minimum Gasteiger partial charge on any atom is -0.497 e. The SMILES string of the molecule is COc1cccc(OCc2nc(C(=O)O)c3ccccn23)c1. The van der Waals surface area contributed by atoms with E-state index in [2.05, 4.69) is 4.98 Å². The molecule has 3 rings (SSSR count). The van der Waals surface area contributed by atoms with E-state index in [4.69, 9.17) is 9.47 Å². The Morgan fingerprint density at radius 2 is 2.05 bits per heavy atom. The van der Waals surface area contributed by atoms with Gasteiger partial charge in [-0.15, -0.1) is 0 Å². The number of hydrogen-bond donors (Lipinski definition) is 1. The molecule has 0 saturated carbocycles. The molecule has 6 heteroatoms. The molecule has 0 spiro atoms. The van der Waals surface area contributed by atoms with Gasteiger partial charge in [0.25, 0.3) is 0 Å². The molecule has 3 aromatic rings. The lowest BCUT2D eigenvalue weighted by atomic mass is 10.3. The Balaban J connectivity index is 1.89. The van der Waals surface area contributed by atoms with Crippen LogP contribution in [-0.4, -0.2) is 27.6 Å². The number of aromatic carboxylic acids is 1. The summed E-state index contributed by atoms with van der Waals surface area (Å²) in [6, 6.07) is 12.5. The molecule has 0 amide bonds. The molecule has 2 heterocycles. The van der Waals surface area contributed by atoms with Crippen LogP contribution in [0.25, 0.3) is 5.52 Å². The molecule has 6 nitrogen and oxygen atoms in total. The molecule has 0 saturated heterocycles. The molecule has 0 bridgehead atoms. The third kappa shape index (κ3) is 2.58. The molecule has 0 aliphatic rings. The van der Waals surface area contributed by atoms with Crippen molar-refractivity contribution in [2.75, 3.05) is 7.11 Å². The summed E-state index contributed by atoms with van der Waals surface area (Å²) in [4.78, 5) is 15.4. The summed E-state index contributed by atoms with van der Waals surface area (Å²) in [7, 11) is 1.58. The van der Waals surface area contributed by atoms with Crippen LogP contribution in [0, 0.1) is 0 Å². The average molecular weight is 298 g/mol. The van der Waals surface area contributed by atoms with E-state index >= 15 is 0 Å². The standard InChI is InChI=1S/C16H14N2O4/c1-21-11-5-4-6-12(9-11)22-10-14-17-15(16(19)20)13-7-2-3-8-18(13)14/h2-9H,10H2,1H3,(H,19,20). The number of fused-ring (bicyclic) bond motifs is 1. The van der Waals surface area contributed by atoms with Crippen LogP contribution in [0.5, 0.6) is 11.5 Å². The van der Waals surface area contributed by atoms with Crippen LogP contribution in [0.15, 0.2) is 48.7 Å². The second-order valence-electron chi connectivity index (χ2n) is 4.61. The second-order valence-corrected chi connectivity index (χ2v) is 4.61. The molecule has 0 unspecified atom stereocenters. The Labute approximate surface area is 126 Å². The van der Waals surface area contributed by atoms with Crippen molar-refractivity contribution >= 4 is 11.5 Å². The monoisotopic (exact) mass is 298 g/mol. The maximum absolute atomic E-state index is 11.3. The fraction of sp³-hybridized carbons (Fsp3) is 0.125. The first-order valence-corrected chi connectivity index (χ1v) is 6.65. The van der Waals surface area contributed by atoms with Gasteiger partial charge >= 0.3 is 5.97 Å². The van der Waals surface area contributed by atoms with Crippen molar-refractivity contribution in [3.05, 3.63) is 60.2 Å². The highest BCUT2D eigenvalue weighted by atomic mass is 16.5. The first kappa shape index (κ1) is 13.9. The van der Waals surface area contributed by atoms with Crippen molar-refractivity contribution in [3.8, 4) is 11.5 Å². The van der Waals surface area contributed by atoms with Crippen LogP contribution in [0.1, 0.15) is 16.3 Å². The Morgan fingerprint density at radius 3 is 2.82 bits per heavy atom. The normalized spacial score (nSPS) is 10.6. The van der Waals surface area contributed by atoms with Gasteiger partial charge in [0.2, 0.25) is 0 Å². The number of hydrogen-bond acceptors (Lipinski definition) is 4. The highest BCUT2D eigenvalue weighted by molar-refractivity contribution is 5.93. The lowest BCUT2D eigenvalue weighted by Crippen LogP contribution is -2.01. The number of imidazole rings is 1. The number of pyridine rings is 1. The first-order valence-electron chi connectivity index (χ1n) is 6.65. The van der Waals surface area contributed by atoms with Crippen molar-refractivity contribution in [1.29, 1.82) is 0 Å². The average Bonchev–Trinajstić information content (AvgIpc) is 2.92. The molecule has 0 aliphatic carbocycles. The highest BCUT2D eigenvalue weighted by Gasteiger charge is 2.16. The van der Waals surface area contributed by atoms with Gasteiger partial charge in [-0.3, -0.25) is 4.40 Å². The van der Waals surface area contributed by atoms with Crippen LogP contribution < -0.4 is 9.47 Å². The van der Waals surface area contributed by atoms with Crippen molar-refractivity contribution in [1.82, 2.24) is 9.38 Å². The number of carboxylic acid groups (broad SMARTS) is 1. The molecule has 112 valence electrons. The molecular weight excluding hydrogens is 284 g/mol. The van der Waals surface area contributed by atoms with Crippen LogP contribution in [0.4, 0.5) is 0 Å². The zero-order chi connectivity index (χ0) is 15.5. The topological polar surface area (TPSA) is 73.1 Å². The zero-order valence-corrected chi connectivity index (χ0v) is 11.9. The van der Waals surface area contributed by atoms with Gasteiger partial charge in [-0.25, -0.2) is 9.78 Å². The van der Waals surface area contributed by atoms with E-state index in [9.17, 15) is 9.90 Å². The maximum Gasteiger partial charge on any atom is 0.356 e. The molecule has 1 N–H and O–H groups in total. The minimum atomic E-state index is -1.06. The Morgan fingerprint density at radius 1 is 1.23 bits per heavy atom. The largest absolute Gasteiger partial charge is 0.497 e. The summed E-state index contributed by atoms with van der Waals surface area (Å²) >= 11 is 0. The van der Waals surface area contributed by atoms with Gasteiger partial charge in [0, 0.05) is 12.3 Å². The summed E-state index contributed by atoms with van der Waals surface area (Å²) in [6.07, 6.45) is 1.76. The fourth-order valence-electron chi connectivity index (χ4n) is 2.20. The van der Waals surface area contributed by atoms with Gasteiger partial charge < -0.3 is 14.6 Å². The molecule has 0 fully saturated rings. The van der Waals surface area contributed by atoms with Crippen LogP contribution in [0.2, 0.25) is 0 Å². The van der Waals surface area contributed by atoms with E-state index < -0.39 is 5.97 Å². The number of aromatic nitrogens is 2. The van der Waals surface area contributed by atoms with E-state index in [1.165, 1.54) is 0 Å².